The number of aliphatic hydroxyl groups excluding tert-OH is 1. The Hall–Kier alpha value is -1.20. The van der Waals surface area contributed by atoms with Crippen molar-refractivity contribution in [2.75, 3.05) is 19.7 Å². The quantitative estimate of drug-likeness (QED) is 0.766. The molecule has 0 aliphatic carbocycles. The highest BCUT2D eigenvalue weighted by Gasteiger charge is 2.07. The Morgan fingerprint density at radius 3 is 2.76 bits per heavy atom. The molecule has 0 aliphatic rings. The molecule has 5 heteroatoms. The minimum atomic E-state index is -2.40. The Kier molecular flexibility index (Phi) is 5.86. The SMILES string of the molecule is Cc1cccc(OCC(O)CNCC(F)F)c1. The molecule has 0 radical (unpaired) electrons. The van der Waals surface area contributed by atoms with Crippen molar-refractivity contribution in [2.45, 2.75) is 19.5 Å². The van der Waals surface area contributed by atoms with E-state index in [1.807, 2.05) is 25.1 Å². The summed E-state index contributed by atoms with van der Waals surface area (Å²) in [6, 6.07) is 7.42. The highest BCUT2D eigenvalue weighted by atomic mass is 19.3. The molecule has 0 spiro atoms. The summed E-state index contributed by atoms with van der Waals surface area (Å²) in [5, 5.41) is 11.9. The number of benzene rings is 1. The smallest absolute Gasteiger partial charge is 0.250 e. The van der Waals surface area contributed by atoms with Crippen molar-refractivity contribution >= 4 is 0 Å². The Morgan fingerprint density at radius 2 is 2.12 bits per heavy atom. The molecule has 1 aromatic carbocycles. The molecule has 0 bridgehead atoms. The Balaban J connectivity index is 2.21. The van der Waals surface area contributed by atoms with E-state index in [-0.39, 0.29) is 13.2 Å². The zero-order valence-corrected chi connectivity index (χ0v) is 9.70. The van der Waals surface area contributed by atoms with Crippen molar-refractivity contribution in [3.05, 3.63) is 29.8 Å². The van der Waals surface area contributed by atoms with E-state index in [2.05, 4.69) is 5.32 Å². The number of ether oxygens (including phenoxy) is 1. The minimum Gasteiger partial charge on any atom is -0.491 e. The number of halogens is 2. The Labute approximate surface area is 99.4 Å². The molecule has 0 amide bonds. The van der Waals surface area contributed by atoms with E-state index in [1.54, 1.807) is 6.07 Å². The van der Waals surface area contributed by atoms with Gasteiger partial charge < -0.3 is 15.2 Å². The number of hydrogen-bond acceptors (Lipinski definition) is 3. The number of aryl methyl sites for hydroxylation is 1. The molecule has 1 aromatic rings. The second-order valence-corrected chi connectivity index (χ2v) is 3.83. The van der Waals surface area contributed by atoms with Gasteiger partial charge in [-0.2, -0.15) is 0 Å². The Morgan fingerprint density at radius 1 is 1.35 bits per heavy atom. The van der Waals surface area contributed by atoms with Crippen LogP contribution in [0.5, 0.6) is 5.75 Å². The summed E-state index contributed by atoms with van der Waals surface area (Å²) in [4.78, 5) is 0. The molecule has 1 unspecified atom stereocenters. The molecule has 0 fully saturated rings. The van der Waals surface area contributed by atoms with Crippen molar-refractivity contribution in [3.8, 4) is 5.75 Å². The number of rotatable bonds is 7. The van der Waals surface area contributed by atoms with Crippen molar-refractivity contribution < 1.29 is 18.6 Å². The van der Waals surface area contributed by atoms with E-state index in [4.69, 9.17) is 4.74 Å². The standard InChI is InChI=1S/C12H17F2NO2/c1-9-3-2-4-11(5-9)17-8-10(16)6-15-7-12(13)14/h2-5,10,12,15-16H,6-8H2,1H3. The summed E-state index contributed by atoms with van der Waals surface area (Å²) in [6.07, 6.45) is -3.20. The first-order chi connectivity index (χ1) is 8.08. The molecule has 1 rings (SSSR count). The topological polar surface area (TPSA) is 41.5 Å². The van der Waals surface area contributed by atoms with Crippen molar-refractivity contribution in [1.29, 1.82) is 0 Å². The predicted molar refractivity (Wildman–Crippen MR) is 61.6 cm³/mol. The van der Waals surface area contributed by atoms with Gasteiger partial charge in [0, 0.05) is 6.54 Å². The summed E-state index contributed by atoms with van der Waals surface area (Å²) >= 11 is 0. The van der Waals surface area contributed by atoms with Gasteiger partial charge in [0.2, 0.25) is 0 Å². The fraction of sp³-hybridized carbons (Fsp3) is 0.500. The van der Waals surface area contributed by atoms with Crippen LogP contribution in [0.25, 0.3) is 0 Å². The maximum absolute atomic E-state index is 11.8. The fourth-order valence-corrected chi connectivity index (χ4v) is 1.32. The third kappa shape index (κ3) is 6.19. The van der Waals surface area contributed by atoms with Gasteiger partial charge in [-0.1, -0.05) is 12.1 Å². The molecular formula is C12H17F2NO2. The van der Waals surface area contributed by atoms with Gasteiger partial charge in [-0.15, -0.1) is 0 Å². The average molecular weight is 245 g/mol. The van der Waals surface area contributed by atoms with E-state index in [9.17, 15) is 13.9 Å². The van der Waals surface area contributed by atoms with Crippen LogP contribution in [0.2, 0.25) is 0 Å². The van der Waals surface area contributed by atoms with E-state index in [1.165, 1.54) is 0 Å². The van der Waals surface area contributed by atoms with Gasteiger partial charge in [0.05, 0.1) is 6.54 Å². The van der Waals surface area contributed by atoms with Gasteiger partial charge in [0.15, 0.2) is 0 Å². The second-order valence-electron chi connectivity index (χ2n) is 3.83. The minimum absolute atomic E-state index is 0.0830. The molecule has 1 atom stereocenters. The summed E-state index contributed by atoms with van der Waals surface area (Å²) in [7, 11) is 0. The molecule has 0 saturated heterocycles. The zero-order chi connectivity index (χ0) is 12.7. The summed E-state index contributed by atoms with van der Waals surface area (Å²) in [5.74, 6) is 0.665. The summed E-state index contributed by atoms with van der Waals surface area (Å²) in [6.45, 7) is 1.70. The lowest BCUT2D eigenvalue weighted by atomic mass is 10.2. The van der Waals surface area contributed by atoms with Crippen molar-refractivity contribution in [3.63, 3.8) is 0 Å². The second kappa shape index (κ2) is 7.19. The van der Waals surface area contributed by atoms with Crippen molar-refractivity contribution in [1.82, 2.24) is 5.32 Å². The van der Waals surface area contributed by atoms with Crippen LogP contribution in [0.4, 0.5) is 8.78 Å². The third-order valence-electron chi connectivity index (χ3n) is 2.11. The highest BCUT2D eigenvalue weighted by Crippen LogP contribution is 2.12. The first-order valence-electron chi connectivity index (χ1n) is 5.44. The van der Waals surface area contributed by atoms with Crippen LogP contribution in [0.3, 0.4) is 0 Å². The maximum atomic E-state index is 11.8. The van der Waals surface area contributed by atoms with Crippen LogP contribution in [-0.4, -0.2) is 37.3 Å². The normalized spacial score (nSPS) is 12.8. The first kappa shape index (κ1) is 13.9. The van der Waals surface area contributed by atoms with Crippen LogP contribution in [0.1, 0.15) is 5.56 Å². The lowest BCUT2D eigenvalue weighted by Gasteiger charge is -2.13. The van der Waals surface area contributed by atoms with Gasteiger partial charge >= 0.3 is 0 Å². The number of nitrogens with one attached hydrogen (secondary N) is 1. The molecule has 17 heavy (non-hydrogen) atoms. The molecule has 0 aromatic heterocycles. The molecule has 0 aliphatic heterocycles. The predicted octanol–water partition coefficient (Wildman–Crippen LogP) is 1.59. The average Bonchev–Trinajstić information content (AvgIpc) is 2.26. The van der Waals surface area contributed by atoms with Gasteiger partial charge in [-0.25, -0.2) is 8.78 Å². The highest BCUT2D eigenvalue weighted by molar-refractivity contribution is 5.27. The fourth-order valence-electron chi connectivity index (χ4n) is 1.32. The molecule has 0 saturated carbocycles. The zero-order valence-electron chi connectivity index (χ0n) is 9.70. The Bertz CT molecular complexity index is 334. The van der Waals surface area contributed by atoms with E-state index in [0.717, 1.165) is 5.56 Å². The van der Waals surface area contributed by atoms with Crippen LogP contribution < -0.4 is 10.1 Å². The lowest BCUT2D eigenvalue weighted by molar-refractivity contribution is 0.0951. The van der Waals surface area contributed by atoms with Crippen LogP contribution in [-0.2, 0) is 0 Å². The molecule has 0 heterocycles. The van der Waals surface area contributed by atoms with E-state index in [0.29, 0.717) is 5.75 Å². The number of hydrogen-bond donors (Lipinski definition) is 2. The summed E-state index contributed by atoms with van der Waals surface area (Å²) < 4.78 is 28.9. The monoisotopic (exact) mass is 245 g/mol. The molecule has 3 nitrogen and oxygen atoms in total. The molecule has 2 N–H and O–H groups in total. The van der Waals surface area contributed by atoms with Gasteiger partial charge in [0.25, 0.3) is 6.43 Å². The largest absolute Gasteiger partial charge is 0.491 e. The van der Waals surface area contributed by atoms with Crippen molar-refractivity contribution in [2.24, 2.45) is 0 Å². The molecule has 96 valence electrons. The first-order valence-corrected chi connectivity index (χ1v) is 5.44. The number of aliphatic hydroxyl groups is 1. The maximum Gasteiger partial charge on any atom is 0.250 e. The summed E-state index contributed by atoms with van der Waals surface area (Å²) in [5.41, 5.74) is 1.06. The van der Waals surface area contributed by atoms with E-state index < -0.39 is 19.1 Å². The van der Waals surface area contributed by atoms with Gasteiger partial charge in [-0.05, 0) is 24.6 Å². The van der Waals surface area contributed by atoms with Gasteiger partial charge in [-0.3, -0.25) is 0 Å². The molecular weight excluding hydrogens is 228 g/mol. The van der Waals surface area contributed by atoms with Crippen LogP contribution in [0, 0.1) is 6.92 Å². The third-order valence-corrected chi connectivity index (χ3v) is 2.11. The van der Waals surface area contributed by atoms with Crippen LogP contribution >= 0.6 is 0 Å². The lowest BCUT2D eigenvalue weighted by Crippen LogP contribution is -2.33. The van der Waals surface area contributed by atoms with Gasteiger partial charge in [0.1, 0.15) is 18.5 Å². The van der Waals surface area contributed by atoms with E-state index >= 15 is 0 Å². The number of alkyl halides is 2. The van der Waals surface area contributed by atoms with Crippen LogP contribution in [0.15, 0.2) is 24.3 Å².